The fourth-order valence-electron chi connectivity index (χ4n) is 1.94. The quantitative estimate of drug-likeness (QED) is 0.909. The van der Waals surface area contributed by atoms with E-state index in [0.717, 1.165) is 15.6 Å². The van der Waals surface area contributed by atoms with E-state index >= 15 is 0 Å². The average Bonchev–Trinajstić information content (AvgIpc) is 2.68. The lowest BCUT2D eigenvalue weighted by atomic mass is 10.1. The molecule has 0 saturated heterocycles. The van der Waals surface area contributed by atoms with Crippen molar-refractivity contribution in [2.24, 2.45) is 0 Å². The van der Waals surface area contributed by atoms with Crippen LogP contribution in [-0.2, 0) is 15.8 Å². The van der Waals surface area contributed by atoms with Crippen molar-refractivity contribution >= 4 is 31.6 Å². The molecule has 0 aliphatic heterocycles. The third-order valence-corrected chi connectivity index (χ3v) is 4.42. The van der Waals surface area contributed by atoms with Crippen LogP contribution >= 0.6 is 15.9 Å². The van der Waals surface area contributed by atoms with Crippen LogP contribution in [-0.4, -0.2) is 13.6 Å². The summed E-state index contributed by atoms with van der Waals surface area (Å²) in [6.07, 6.45) is 0. The average molecular weight is 359 g/mol. The van der Waals surface area contributed by atoms with Gasteiger partial charge in [-0.05, 0) is 44.0 Å². The largest absolute Gasteiger partial charge is 0.361 e. The molecule has 1 heterocycles. The smallest absolute Gasteiger partial charge is 0.238 e. The number of sulfonamides is 1. The van der Waals surface area contributed by atoms with Gasteiger partial charge < -0.3 is 4.52 Å². The van der Waals surface area contributed by atoms with Crippen LogP contribution in [0.15, 0.2) is 27.2 Å². The van der Waals surface area contributed by atoms with Crippen molar-refractivity contribution in [3.63, 3.8) is 0 Å². The molecular formula is C13H15BrN2O3S. The van der Waals surface area contributed by atoms with Crippen molar-refractivity contribution in [1.29, 1.82) is 0 Å². The Morgan fingerprint density at radius 1 is 1.20 bits per heavy atom. The van der Waals surface area contributed by atoms with E-state index in [0.29, 0.717) is 17.1 Å². The Morgan fingerprint density at radius 3 is 2.30 bits per heavy atom. The summed E-state index contributed by atoms with van der Waals surface area (Å²) in [4.78, 5) is 0. The van der Waals surface area contributed by atoms with E-state index in [-0.39, 0.29) is 5.75 Å². The van der Waals surface area contributed by atoms with Crippen LogP contribution in [0.1, 0.15) is 22.6 Å². The summed E-state index contributed by atoms with van der Waals surface area (Å²) in [5.41, 5.74) is 2.71. The van der Waals surface area contributed by atoms with E-state index in [9.17, 15) is 8.42 Å². The van der Waals surface area contributed by atoms with Crippen molar-refractivity contribution in [2.45, 2.75) is 26.5 Å². The number of rotatable bonds is 4. The van der Waals surface area contributed by atoms with Gasteiger partial charge in [-0.25, -0.2) is 8.42 Å². The molecule has 7 heteroatoms. The summed E-state index contributed by atoms with van der Waals surface area (Å²) in [6, 6.07) is 5.34. The molecule has 0 aliphatic rings. The van der Waals surface area contributed by atoms with Crippen LogP contribution in [0.2, 0.25) is 0 Å². The summed E-state index contributed by atoms with van der Waals surface area (Å²) < 4.78 is 32.7. The molecule has 1 aromatic heterocycles. The maximum Gasteiger partial charge on any atom is 0.238 e. The predicted molar refractivity (Wildman–Crippen MR) is 81.1 cm³/mol. The number of hydrogen-bond donors (Lipinski definition) is 1. The molecule has 0 saturated carbocycles. The van der Waals surface area contributed by atoms with E-state index in [1.807, 2.05) is 26.0 Å². The Kier molecular flexibility index (Phi) is 4.19. The Labute approximate surface area is 126 Å². The minimum atomic E-state index is -3.52. The van der Waals surface area contributed by atoms with E-state index in [1.54, 1.807) is 13.0 Å². The second kappa shape index (κ2) is 5.57. The van der Waals surface area contributed by atoms with E-state index in [4.69, 9.17) is 4.52 Å². The van der Waals surface area contributed by atoms with Gasteiger partial charge in [0.15, 0.2) is 0 Å². The first kappa shape index (κ1) is 15.1. The third-order valence-electron chi connectivity index (χ3n) is 2.77. The highest BCUT2D eigenvalue weighted by atomic mass is 79.9. The molecule has 0 spiro atoms. The number of nitrogens with zero attached hydrogens (tertiary/aromatic N) is 1. The van der Waals surface area contributed by atoms with Crippen LogP contribution < -0.4 is 4.72 Å². The molecule has 5 nitrogen and oxygen atoms in total. The molecule has 0 amide bonds. The second-order valence-corrected chi connectivity index (χ2v) is 7.34. The predicted octanol–water partition coefficient (Wildman–Crippen LogP) is 3.30. The van der Waals surface area contributed by atoms with Crippen LogP contribution in [0.4, 0.5) is 5.69 Å². The van der Waals surface area contributed by atoms with Crippen LogP contribution in [0, 0.1) is 20.8 Å². The minimum absolute atomic E-state index is 0.209. The molecule has 1 aromatic carbocycles. The Morgan fingerprint density at radius 2 is 1.80 bits per heavy atom. The number of hydrogen-bond acceptors (Lipinski definition) is 4. The number of aromatic nitrogens is 1. The van der Waals surface area contributed by atoms with E-state index in [1.165, 1.54) is 0 Å². The van der Waals surface area contributed by atoms with Gasteiger partial charge in [0, 0.05) is 10.5 Å². The van der Waals surface area contributed by atoms with Gasteiger partial charge in [-0.3, -0.25) is 4.72 Å². The summed E-state index contributed by atoms with van der Waals surface area (Å²) >= 11 is 3.38. The van der Waals surface area contributed by atoms with Gasteiger partial charge in [-0.15, -0.1) is 0 Å². The van der Waals surface area contributed by atoms with Crippen molar-refractivity contribution in [3.05, 3.63) is 45.3 Å². The van der Waals surface area contributed by atoms with Gasteiger partial charge in [0.05, 0.1) is 5.69 Å². The van der Waals surface area contributed by atoms with Gasteiger partial charge in [0.25, 0.3) is 0 Å². The summed E-state index contributed by atoms with van der Waals surface area (Å²) in [7, 11) is -3.52. The van der Waals surface area contributed by atoms with Gasteiger partial charge in [0.2, 0.25) is 10.0 Å². The van der Waals surface area contributed by atoms with E-state index < -0.39 is 10.0 Å². The van der Waals surface area contributed by atoms with Gasteiger partial charge in [0.1, 0.15) is 17.2 Å². The first-order valence-corrected chi connectivity index (χ1v) is 8.41. The maximum atomic E-state index is 12.2. The third kappa shape index (κ3) is 3.61. The lowest BCUT2D eigenvalue weighted by Gasteiger charge is -2.13. The Balaban J connectivity index is 2.25. The number of anilines is 1. The fourth-order valence-corrected chi connectivity index (χ4v) is 3.86. The normalized spacial score (nSPS) is 11.6. The Hall–Kier alpha value is -1.34. The molecule has 20 heavy (non-hydrogen) atoms. The second-order valence-electron chi connectivity index (χ2n) is 4.70. The zero-order valence-electron chi connectivity index (χ0n) is 11.4. The van der Waals surface area contributed by atoms with Crippen LogP contribution in [0.25, 0.3) is 0 Å². The molecule has 0 atom stereocenters. The molecule has 108 valence electrons. The molecule has 0 aliphatic carbocycles. The topological polar surface area (TPSA) is 72.2 Å². The molecule has 0 unspecified atom stereocenters. The van der Waals surface area contributed by atoms with Crippen molar-refractivity contribution in [1.82, 2.24) is 5.16 Å². The van der Waals surface area contributed by atoms with Gasteiger partial charge in [-0.1, -0.05) is 21.1 Å². The molecule has 0 fully saturated rings. The zero-order chi connectivity index (χ0) is 14.9. The zero-order valence-corrected chi connectivity index (χ0v) is 13.8. The highest BCUT2D eigenvalue weighted by molar-refractivity contribution is 9.10. The van der Waals surface area contributed by atoms with Crippen LogP contribution in [0.3, 0.4) is 0 Å². The first-order chi connectivity index (χ1) is 9.27. The lowest BCUT2D eigenvalue weighted by Crippen LogP contribution is -2.16. The molecule has 2 rings (SSSR count). The standard InChI is InChI=1S/C13H15BrN2O3S/c1-8-4-11(14)5-9(2)13(8)16-20(17,18)7-12-6-10(3)19-15-12/h4-6,16H,7H2,1-3H3. The van der Waals surface area contributed by atoms with Crippen LogP contribution in [0.5, 0.6) is 0 Å². The number of halogens is 1. The monoisotopic (exact) mass is 358 g/mol. The molecule has 0 radical (unpaired) electrons. The summed E-state index contributed by atoms with van der Waals surface area (Å²) in [5.74, 6) is 0.380. The highest BCUT2D eigenvalue weighted by Gasteiger charge is 2.17. The lowest BCUT2D eigenvalue weighted by molar-refractivity contribution is 0.392. The molecule has 0 bridgehead atoms. The summed E-state index contributed by atoms with van der Waals surface area (Å²) in [6.45, 7) is 5.44. The van der Waals surface area contributed by atoms with Gasteiger partial charge >= 0.3 is 0 Å². The van der Waals surface area contributed by atoms with Crippen molar-refractivity contribution in [3.8, 4) is 0 Å². The summed E-state index contributed by atoms with van der Waals surface area (Å²) in [5, 5.41) is 3.70. The van der Waals surface area contributed by atoms with Gasteiger partial charge in [-0.2, -0.15) is 0 Å². The number of nitrogens with one attached hydrogen (secondary N) is 1. The molecular weight excluding hydrogens is 344 g/mol. The Bertz CT molecular complexity index is 715. The SMILES string of the molecule is Cc1cc(CS(=O)(=O)Nc2c(C)cc(Br)cc2C)no1. The number of aryl methyl sites for hydroxylation is 3. The van der Waals surface area contributed by atoms with Crippen molar-refractivity contribution in [2.75, 3.05) is 4.72 Å². The highest BCUT2D eigenvalue weighted by Crippen LogP contribution is 2.26. The maximum absolute atomic E-state index is 12.2. The fraction of sp³-hybridized carbons (Fsp3) is 0.308. The molecule has 2 aromatic rings. The van der Waals surface area contributed by atoms with Crippen molar-refractivity contribution < 1.29 is 12.9 Å². The number of benzene rings is 1. The molecule has 1 N–H and O–H groups in total. The minimum Gasteiger partial charge on any atom is -0.361 e. The first-order valence-electron chi connectivity index (χ1n) is 5.96. The van der Waals surface area contributed by atoms with E-state index in [2.05, 4.69) is 25.8 Å².